The highest BCUT2D eigenvalue weighted by Gasteiger charge is 2.34. The Morgan fingerprint density at radius 3 is 2.95 bits per heavy atom. The third-order valence-corrected chi connectivity index (χ3v) is 4.23. The summed E-state index contributed by atoms with van der Waals surface area (Å²) in [6.07, 6.45) is 4.02. The topological polar surface area (TPSA) is 51.0 Å². The van der Waals surface area contributed by atoms with Crippen LogP contribution in [0.3, 0.4) is 0 Å². The fraction of sp³-hybridized carbons (Fsp3) is 0.467. The summed E-state index contributed by atoms with van der Waals surface area (Å²) in [5.41, 5.74) is 0.826. The monoisotopic (exact) mass is 291 g/mol. The second-order valence-corrected chi connectivity index (χ2v) is 5.91. The normalized spacial score (nSPS) is 22.9. The van der Waals surface area contributed by atoms with Gasteiger partial charge in [0.25, 0.3) is 0 Å². The molecule has 3 rings (SSSR count). The second-order valence-electron chi connectivity index (χ2n) is 5.50. The van der Waals surface area contributed by atoms with E-state index < -0.39 is 0 Å². The number of nitrogens with one attached hydrogen (secondary N) is 1. The molecule has 1 aliphatic heterocycles. The third-order valence-electron chi connectivity index (χ3n) is 3.87. The molecule has 0 aliphatic carbocycles. The predicted octanol–water partition coefficient (Wildman–Crippen LogP) is 3.30. The zero-order valence-corrected chi connectivity index (χ0v) is 12.3. The lowest BCUT2D eigenvalue weighted by atomic mass is 9.91. The van der Waals surface area contributed by atoms with Crippen molar-refractivity contribution >= 4 is 11.6 Å². The lowest BCUT2D eigenvalue weighted by Gasteiger charge is -2.31. The molecule has 1 atom stereocenters. The van der Waals surface area contributed by atoms with Gasteiger partial charge in [-0.05, 0) is 44.4 Å². The van der Waals surface area contributed by atoms with E-state index in [4.69, 9.17) is 16.1 Å². The number of nitrogens with zero attached hydrogens (tertiary/aromatic N) is 2. The first-order valence-electron chi connectivity index (χ1n) is 6.99. The van der Waals surface area contributed by atoms with Gasteiger partial charge in [0.15, 0.2) is 5.82 Å². The Bertz CT molecular complexity index is 590. The highest BCUT2D eigenvalue weighted by atomic mass is 35.5. The van der Waals surface area contributed by atoms with Gasteiger partial charge in [0.2, 0.25) is 5.89 Å². The average Bonchev–Trinajstić information content (AvgIpc) is 2.92. The average molecular weight is 292 g/mol. The van der Waals surface area contributed by atoms with E-state index in [-0.39, 0.29) is 5.54 Å². The van der Waals surface area contributed by atoms with Crippen molar-refractivity contribution in [2.24, 2.45) is 0 Å². The van der Waals surface area contributed by atoms with Gasteiger partial charge < -0.3 is 9.84 Å². The molecule has 4 nitrogen and oxygen atoms in total. The SMILES string of the molecule is CC1(c2nc(Cc3ccccc3Cl)no2)CCCCN1. The summed E-state index contributed by atoms with van der Waals surface area (Å²) in [6.45, 7) is 3.12. The summed E-state index contributed by atoms with van der Waals surface area (Å²) < 4.78 is 5.45. The first-order valence-corrected chi connectivity index (χ1v) is 7.37. The number of rotatable bonds is 3. The van der Waals surface area contributed by atoms with Gasteiger partial charge in [0.1, 0.15) is 0 Å². The second kappa shape index (κ2) is 5.54. The van der Waals surface area contributed by atoms with Crippen molar-refractivity contribution < 1.29 is 4.52 Å². The standard InChI is InChI=1S/C15H18ClN3O/c1-15(8-4-5-9-17-15)14-18-13(19-20-14)10-11-6-2-3-7-12(11)16/h2-3,6-7,17H,4-5,8-10H2,1H3. The van der Waals surface area contributed by atoms with E-state index in [1.54, 1.807) is 0 Å². The molecule has 0 bridgehead atoms. The molecular formula is C15H18ClN3O. The van der Waals surface area contributed by atoms with Crippen LogP contribution in [0.1, 0.15) is 43.5 Å². The molecule has 2 aromatic rings. The molecule has 2 heterocycles. The van der Waals surface area contributed by atoms with Crippen molar-refractivity contribution in [3.63, 3.8) is 0 Å². The Labute approximate surface area is 123 Å². The van der Waals surface area contributed by atoms with Gasteiger partial charge in [-0.1, -0.05) is 35.0 Å². The van der Waals surface area contributed by atoms with Crippen LogP contribution in [0, 0.1) is 0 Å². The summed E-state index contributed by atoms with van der Waals surface area (Å²) >= 11 is 6.16. The van der Waals surface area contributed by atoms with Crippen LogP contribution in [0.4, 0.5) is 0 Å². The molecule has 5 heteroatoms. The van der Waals surface area contributed by atoms with Crippen molar-refractivity contribution in [2.45, 2.75) is 38.1 Å². The van der Waals surface area contributed by atoms with Crippen LogP contribution in [-0.2, 0) is 12.0 Å². The molecule has 1 unspecified atom stereocenters. The Kier molecular flexibility index (Phi) is 3.76. The number of hydrogen-bond donors (Lipinski definition) is 1. The molecule has 1 aliphatic rings. The molecule has 106 valence electrons. The van der Waals surface area contributed by atoms with Gasteiger partial charge >= 0.3 is 0 Å². The molecule has 0 radical (unpaired) electrons. The van der Waals surface area contributed by atoms with Gasteiger partial charge in [0.05, 0.1) is 5.54 Å². The molecule has 1 N–H and O–H groups in total. The zero-order chi connectivity index (χ0) is 14.0. The lowest BCUT2D eigenvalue weighted by molar-refractivity contribution is 0.206. The van der Waals surface area contributed by atoms with E-state index in [1.807, 2.05) is 24.3 Å². The molecule has 20 heavy (non-hydrogen) atoms. The number of benzene rings is 1. The van der Waals surface area contributed by atoms with Crippen LogP contribution in [0.15, 0.2) is 28.8 Å². The molecule has 0 amide bonds. The fourth-order valence-electron chi connectivity index (χ4n) is 2.60. The van der Waals surface area contributed by atoms with Crippen molar-refractivity contribution in [3.8, 4) is 0 Å². The minimum absolute atomic E-state index is 0.190. The molecule has 1 saturated heterocycles. The first kappa shape index (κ1) is 13.6. The van der Waals surface area contributed by atoms with E-state index in [9.17, 15) is 0 Å². The maximum atomic E-state index is 6.16. The van der Waals surface area contributed by atoms with E-state index in [0.717, 1.165) is 23.6 Å². The largest absolute Gasteiger partial charge is 0.337 e. The molecule has 0 saturated carbocycles. The summed E-state index contributed by atoms with van der Waals surface area (Å²) in [5, 5.41) is 8.30. The Morgan fingerprint density at radius 2 is 2.20 bits per heavy atom. The highest BCUT2D eigenvalue weighted by molar-refractivity contribution is 6.31. The molecule has 1 aromatic heterocycles. The maximum absolute atomic E-state index is 6.16. The summed E-state index contributed by atoms with van der Waals surface area (Å²) in [7, 11) is 0. The fourth-order valence-corrected chi connectivity index (χ4v) is 2.80. The van der Waals surface area contributed by atoms with E-state index in [0.29, 0.717) is 18.1 Å². The van der Waals surface area contributed by atoms with Crippen LogP contribution in [0.5, 0.6) is 0 Å². The zero-order valence-electron chi connectivity index (χ0n) is 11.5. The van der Waals surface area contributed by atoms with Gasteiger partial charge in [-0.2, -0.15) is 4.98 Å². The van der Waals surface area contributed by atoms with Crippen molar-refractivity contribution in [3.05, 3.63) is 46.6 Å². The summed E-state index contributed by atoms with van der Waals surface area (Å²) in [6, 6.07) is 7.74. The van der Waals surface area contributed by atoms with Crippen LogP contribution < -0.4 is 5.32 Å². The van der Waals surface area contributed by atoms with Gasteiger partial charge in [-0.15, -0.1) is 0 Å². The van der Waals surface area contributed by atoms with Crippen LogP contribution in [-0.4, -0.2) is 16.7 Å². The van der Waals surface area contributed by atoms with Crippen LogP contribution >= 0.6 is 11.6 Å². The Balaban J connectivity index is 1.78. The minimum atomic E-state index is -0.190. The third kappa shape index (κ3) is 2.72. The predicted molar refractivity (Wildman–Crippen MR) is 77.8 cm³/mol. The highest BCUT2D eigenvalue weighted by Crippen LogP contribution is 2.29. The van der Waals surface area contributed by atoms with Crippen LogP contribution in [0.25, 0.3) is 0 Å². The van der Waals surface area contributed by atoms with Gasteiger partial charge in [-0.25, -0.2) is 0 Å². The molecule has 1 aromatic carbocycles. The minimum Gasteiger partial charge on any atom is -0.337 e. The van der Waals surface area contributed by atoms with Crippen molar-refractivity contribution in [1.82, 2.24) is 15.5 Å². The summed E-state index contributed by atoms with van der Waals surface area (Å²) in [4.78, 5) is 4.54. The number of piperidine rings is 1. The number of aromatic nitrogens is 2. The first-order chi connectivity index (χ1) is 9.67. The number of halogens is 1. The van der Waals surface area contributed by atoms with Gasteiger partial charge in [0, 0.05) is 11.4 Å². The van der Waals surface area contributed by atoms with Crippen LogP contribution in [0.2, 0.25) is 5.02 Å². The quantitative estimate of drug-likeness (QED) is 0.943. The van der Waals surface area contributed by atoms with Crippen molar-refractivity contribution in [1.29, 1.82) is 0 Å². The smallest absolute Gasteiger partial charge is 0.246 e. The van der Waals surface area contributed by atoms with E-state index in [2.05, 4.69) is 22.4 Å². The van der Waals surface area contributed by atoms with E-state index in [1.165, 1.54) is 12.8 Å². The van der Waals surface area contributed by atoms with Gasteiger partial charge in [-0.3, -0.25) is 0 Å². The molecule has 1 fully saturated rings. The van der Waals surface area contributed by atoms with E-state index >= 15 is 0 Å². The lowest BCUT2D eigenvalue weighted by Crippen LogP contribution is -2.43. The number of hydrogen-bond acceptors (Lipinski definition) is 4. The van der Waals surface area contributed by atoms with Crippen molar-refractivity contribution in [2.75, 3.05) is 6.54 Å². The Morgan fingerprint density at radius 1 is 1.35 bits per heavy atom. The summed E-state index contributed by atoms with van der Waals surface area (Å²) in [5.74, 6) is 1.36. The maximum Gasteiger partial charge on any atom is 0.246 e. The molecule has 0 spiro atoms. The Hall–Kier alpha value is -1.39. The molecular weight excluding hydrogens is 274 g/mol.